The Morgan fingerprint density at radius 3 is 2.65 bits per heavy atom. The first kappa shape index (κ1) is 21.1. The number of carbonyl (C=O) groups excluding carboxylic acids is 1. The second-order valence-electron chi connectivity index (χ2n) is 8.39. The molecule has 1 heterocycles. The zero-order valence-corrected chi connectivity index (χ0v) is 19.1. The van der Waals surface area contributed by atoms with Crippen LogP contribution in [-0.4, -0.2) is 17.6 Å². The highest BCUT2D eigenvalue weighted by molar-refractivity contribution is 7.10. The van der Waals surface area contributed by atoms with Crippen molar-refractivity contribution in [3.8, 4) is 23.5 Å². The molecule has 0 saturated carbocycles. The van der Waals surface area contributed by atoms with Crippen molar-refractivity contribution in [2.75, 3.05) is 6.61 Å². The van der Waals surface area contributed by atoms with Crippen molar-refractivity contribution in [3.63, 3.8) is 0 Å². The number of allylic oxidation sites excluding steroid dienone is 1. The number of esters is 1. The van der Waals surface area contributed by atoms with Crippen LogP contribution in [0.25, 0.3) is 16.7 Å². The summed E-state index contributed by atoms with van der Waals surface area (Å²) in [4.78, 5) is 16.9. The molecule has 2 aromatic carbocycles. The van der Waals surface area contributed by atoms with Crippen LogP contribution in [0.1, 0.15) is 64.9 Å². The summed E-state index contributed by atoms with van der Waals surface area (Å²) in [5, 5.41) is 3.14. The number of benzene rings is 2. The molecule has 4 rings (SSSR count). The Morgan fingerprint density at radius 1 is 1.23 bits per heavy atom. The van der Waals surface area contributed by atoms with E-state index in [2.05, 4.69) is 49.4 Å². The van der Waals surface area contributed by atoms with Crippen molar-refractivity contribution in [1.29, 1.82) is 0 Å². The van der Waals surface area contributed by atoms with Crippen LogP contribution in [0.2, 0.25) is 0 Å². The minimum absolute atomic E-state index is 0.0570. The smallest absolute Gasteiger partial charge is 0.339 e. The fraction of sp³-hybridized carbons (Fsp3) is 0.259. The number of ether oxygens (including phenoxy) is 1. The first-order valence-electron chi connectivity index (χ1n) is 10.4. The van der Waals surface area contributed by atoms with Gasteiger partial charge in [-0.15, -0.1) is 17.8 Å². The third-order valence-electron chi connectivity index (χ3n) is 5.71. The van der Waals surface area contributed by atoms with Crippen molar-refractivity contribution < 1.29 is 9.53 Å². The van der Waals surface area contributed by atoms with Gasteiger partial charge in [-0.3, -0.25) is 0 Å². The number of thiazole rings is 1. The lowest BCUT2D eigenvalue weighted by Gasteiger charge is -2.32. The predicted molar refractivity (Wildman–Crippen MR) is 127 cm³/mol. The molecule has 0 unspecified atom stereocenters. The van der Waals surface area contributed by atoms with E-state index in [9.17, 15) is 4.79 Å². The number of carbonyl (C=O) groups is 1. The highest BCUT2D eigenvalue weighted by Gasteiger charge is 2.29. The van der Waals surface area contributed by atoms with E-state index in [0.717, 1.165) is 28.2 Å². The SMILES string of the molecule is C#Cc1cc(-c2ccc3c(c2)C(c2nc(C)cs2)=CCC3(C)C)ccc1C(=O)OCC. The number of hydrogen-bond acceptors (Lipinski definition) is 4. The normalized spacial score (nSPS) is 14.4. The summed E-state index contributed by atoms with van der Waals surface area (Å²) in [6, 6.07) is 12.1. The fourth-order valence-corrected chi connectivity index (χ4v) is 4.88. The second kappa shape index (κ2) is 8.17. The van der Waals surface area contributed by atoms with Crippen LogP contribution < -0.4 is 0 Å². The molecule has 1 aliphatic rings. The number of hydrogen-bond donors (Lipinski definition) is 0. The maximum absolute atomic E-state index is 12.2. The lowest BCUT2D eigenvalue weighted by atomic mass is 9.73. The largest absolute Gasteiger partial charge is 0.462 e. The second-order valence-corrected chi connectivity index (χ2v) is 9.24. The molecule has 0 atom stereocenters. The summed E-state index contributed by atoms with van der Waals surface area (Å²) < 4.78 is 5.13. The Labute approximate surface area is 187 Å². The Balaban J connectivity index is 1.81. The van der Waals surface area contributed by atoms with Gasteiger partial charge in [0.05, 0.1) is 12.2 Å². The van der Waals surface area contributed by atoms with Crippen LogP contribution in [0, 0.1) is 19.3 Å². The number of rotatable bonds is 4. The van der Waals surface area contributed by atoms with E-state index in [1.165, 1.54) is 16.7 Å². The van der Waals surface area contributed by atoms with Crippen molar-refractivity contribution in [2.24, 2.45) is 0 Å². The minimum atomic E-state index is -0.390. The molecule has 156 valence electrons. The standard InChI is InChI=1S/C27H25NO2S/c1-6-18-14-19(8-10-21(18)26(29)30-7-2)20-9-11-24-23(15-20)22(12-13-27(24,4)5)25-28-17(3)16-31-25/h1,8-12,14-16H,7,13H2,2-5H3. The highest BCUT2D eigenvalue weighted by Crippen LogP contribution is 2.43. The van der Waals surface area contributed by atoms with Crippen LogP contribution in [0.4, 0.5) is 0 Å². The molecule has 0 N–H and O–H groups in total. The summed E-state index contributed by atoms with van der Waals surface area (Å²) in [6.07, 6.45) is 8.99. The van der Waals surface area contributed by atoms with Gasteiger partial charge in [-0.2, -0.15) is 0 Å². The monoisotopic (exact) mass is 427 g/mol. The molecule has 0 aliphatic heterocycles. The predicted octanol–water partition coefficient (Wildman–Crippen LogP) is 6.39. The van der Waals surface area contributed by atoms with Crippen LogP contribution in [0.5, 0.6) is 0 Å². The molecule has 0 saturated heterocycles. The van der Waals surface area contributed by atoms with E-state index < -0.39 is 5.97 Å². The lowest BCUT2D eigenvalue weighted by molar-refractivity contribution is 0.0526. The fourth-order valence-electron chi connectivity index (χ4n) is 4.02. The van der Waals surface area contributed by atoms with E-state index in [4.69, 9.17) is 16.1 Å². The molecule has 0 fully saturated rings. The Kier molecular flexibility index (Phi) is 5.56. The summed E-state index contributed by atoms with van der Waals surface area (Å²) in [7, 11) is 0. The van der Waals surface area contributed by atoms with E-state index in [1.807, 2.05) is 19.1 Å². The van der Waals surface area contributed by atoms with Crippen LogP contribution in [0.3, 0.4) is 0 Å². The molecule has 4 heteroatoms. The maximum Gasteiger partial charge on any atom is 0.339 e. The van der Waals surface area contributed by atoms with Gasteiger partial charge >= 0.3 is 5.97 Å². The molecule has 1 aliphatic carbocycles. The van der Waals surface area contributed by atoms with Gasteiger partial charge in [0.15, 0.2) is 0 Å². The molecule has 3 nitrogen and oxygen atoms in total. The molecule has 0 radical (unpaired) electrons. The molecular formula is C27H25NO2S. The van der Waals surface area contributed by atoms with Gasteiger partial charge in [0, 0.05) is 22.2 Å². The van der Waals surface area contributed by atoms with Crippen LogP contribution in [-0.2, 0) is 10.2 Å². The van der Waals surface area contributed by atoms with Gasteiger partial charge in [0.1, 0.15) is 5.01 Å². The van der Waals surface area contributed by atoms with Gasteiger partial charge in [0.25, 0.3) is 0 Å². The van der Waals surface area contributed by atoms with Gasteiger partial charge in [-0.1, -0.05) is 44.0 Å². The van der Waals surface area contributed by atoms with Crippen molar-refractivity contribution in [3.05, 3.63) is 80.8 Å². The first-order valence-corrected chi connectivity index (χ1v) is 11.3. The number of terminal acetylenes is 1. The van der Waals surface area contributed by atoms with E-state index in [-0.39, 0.29) is 5.41 Å². The Bertz CT molecular complexity index is 1240. The number of fused-ring (bicyclic) bond motifs is 1. The zero-order chi connectivity index (χ0) is 22.2. The minimum Gasteiger partial charge on any atom is -0.462 e. The topological polar surface area (TPSA) is 39.2 Å². The van der Waals surface area contributed by atoms with Crippen LogP contribution >= 0.6 is 11.3 Å². The Hall–Kier alpha value is -3.16. The van der Waals surface area contributed by atoms with Crippen molar-refractivity contribution in [1.82, 2.24) is 4.98 Å². The van der Waals surface area contributed by atoms with Crippen LogP contribution in [0.15, 0.2) is 47.9 Å². The average molecular weight is 428 g/mol. The summed E-state index contributed by atoms with van der Waals surface area (Å²) >= 11 is 1.68. The zero-order valence-electron chi connectivity index (χ0n) is 18.3. The van der Waals surface area contributed by atoms with E-state index in [1.54, 1.807) is 24.3 Å². The molecule has 0 amide bonds. The molecular weight excluding hydrogens is 402 g/mol. The first-order chi connectivity index (χ1) is 14.8. The Morgan fingerprint density at radius 2 is 1.97 bits per heavy atom. The highest BCUT2D eigenvalue weighted by atomic mass is 32.1. The van der Waals surface area contributed by atoms with E-state index >= 15 is 0 Å². The summed E-state index contributed by atoms with van der Waals surface area (Å²) in [5.74, 6) is 2.25. The van der Waals surface area contributed by atoms with Crippen molar-refractivity contribution in [2.45, 2.75) is 39.5 Å². The average Bonchev–Trinajstić information content (AvgIpc) is 3.19. The van der Waals surface area contributed by atoms with Crippen molar-refractivity contribution >= 4 is 22.9 Å². The lowest BCUT2D eigenvalue weighted by Crippen LogP contribution is -2.21. The van der Waals surface area contributed by atoms with Gasteiger partial charge < -0.3 is 4.74 Å². The number of aryl methyl sites for hydroxylation is 1. The van der Waals surface area contributed by atoms with Gasteiger partial charge in [0.2, 0.25) is 0 Å². The molecule has 31 heavy (non-hydrogen) atoms. The third kappa shape index (κ3) is 3.94. The number of nitrogens with zero attached hydrogens (tertiary/aromatic N) is 1. The summed E-state index contributed by atoms with van der Waals surface area (Å²) in [6.45, 7) is 8.67. The molecule has 1 aromatic heterocycles. The molecule has 3 aromatic rings. The quantitative estimate of drug-likeness (QED) is 0.358. The molecule has 0 spiro atoms. The number of aromatic nitrogens is 1. The van der Waals surface area contributed by atoms with E-state index in [0.29, 0.717) is 17.7 Å². The van der Waals surface area contributed by atoms with Gasteiger partial charge in [-0.25, -0.2) is 9.78 Å². The molecule has 0 bridgehead atoms. The maximum atomic E-state index is 12.2. The van der Waals surface area contributed by atoms with Gasteiger partial charge in [-0.05, 0) is 66.1 Å². The summed E-state index contributed by atoms with van der Waals surface area (Å²) in [5.41, 5.74) is 7.81. The third-order valence-corrected chi connectivity index (χ3v) is 6.70.